The van der Waals surface area contributed by atoms with E-state index in [2.05, 4.69) is 10.6 Å². The summed E-state index contributed by atoms with van der Waals surface area (Å²) >= 11 is 0. The van der Waals surface area contributed by atoms with Gasteiger partial charge in [0.05, 0.1) is 11.5 Å². The number of aliphatic hydroxyl groups excluding tert-OH is 1. The Balaban J connectivity index is 2.88. The Morgan fingerprint density at radius 3 is 2.43 bits per heavy atom. The summed E-state index contributed by atoms with van der Waals surface area (Å²) in [6.07, 6.45) is 0. The first kappa shape index (κ1) is 16.4. The lowest BCUT2D eigenvalue weighted by atomic mass is 10.1. The first-order valence-corrected chi connectivity index (χ1v) is 5.93. The molecule has 0 aliphatic heterocycles. The van der Waals surface area contributed by atoms with Crippen molar-refractivity contribution in [2.45, 2.75) is 19.9 Å². The van der Waals surface area contributed by atoms with E-state index >= 15 is 0 Å². The molecular formula is C12H15N3O6. The van der Waals surface area contributed by atoms with Crippen LogP contribution in [0.3, 0.4) is 0 Å². The number of benzene rings is 1. The molecule has 1 aromatic carbocycles. The van der Waals surface area contributed by atoms with Gasteiger partial charge < -0.3 is 20.8 Å². The van der Waals surface area contributed by atoms with E-state index in [4.69, 9.17) is 10.2 Å². The third-order valence-electron chi connectivity index (χ3n) is 2.77. The van der Waals surface area contributed by atoms with Crippen molar-refractivity contribution < 1.29 is 24.7 Å². The van der Waals surface area contributed by atoms with Crippen molar-refractivity contribution in [3.05, 3.63) is 33.4 Å². The largest absolute Gasteiger partial charge is 0.480 e. The molecule has 0 bridgehead atoms. The number of carboxylic acid groups (broad SMARTS) is 1. The van der Waals surface area contributed by atoms with Crippen LogP contribution in [0.4, 0.5) is 16.2 Å². The minimum absolute atomic E-state index is 0.0720. The van der Waals surface area contributed by atoms with Crippen LogP contribution < -0.4 is 10.6 Å². The van der Waals surface area contributed by atoms with Crippen molar-refractivity contribution in [2.24, 2.45) is 0 Å². The fraction of sp³-hybridized carbons (Fsp3) is 0.333. The standard InChI is InChI=1S/C12H15N3O6/c1-6-4-10(15(20)21)7(2)3-8(6)13-12(19)14-9(5-16)11(17)18/h3-4,9,16H,5H2,1-2H3,(H,17,18)(H2,13,14,19). The number of aliphatic carboxylic acids is 1. The number of anilines is 1. The first-order chi connectivity index (χ1) is 9.76. The molecule has 1 unspecified atom stereocenters. The highest BCUT2D eigenvalue weighted by molar-refractivity contribution is 5.93. The van der Waals surface area contributed by atoms with Crippen molar-refractivity contribution >= 4 is 23.4 Å². The molecule has 2 amide bonds. The summed E-state index contributed by atoms with van der Waals surface area (Å²) < 4.78 is 0. The number of aryl methyl sites for hydroxylation is 2. The summed E-state index contributed by atoms with van der Waals surface area (Å²) in [6.45, 7) is 2.35. The topological polar surface area (TPSA) is 142 Å². The number of carbonyl (C=O) groups is 2. The second kappa shape index (κ2) is 6.66. The van der Waals surface area contributed by atoms with Gasteiger partial charge in [-0.05, 0) is 25.5 Å². The molecule has 9 heteroatoms. The molecule has 4 N–H and O–H groups in total. The molecule has 1 atom stereocenters. The molecule has 0 saturated heterocycles. The Morgan fingerprint density at radius 1 is 1.33 bits per heavy atom. The average Bonchev–Trinajstić information content (AvgIpc) is 2.39. The molecule has 0 heterocycles. The first-order valence-electron chi connectivity index (χ1n) is 5.93. The van der Waals surface area contributed by atoms with Crippen LogP contribution in [0, 0.1) is 24.0 Å². The van der Waals surface area contributed by atoms with Crippen molar-refractivity contribution in [3.63, 3.8) is 0 Å². The third-order valence-corrected chi connectivity index (χ3v) is 2.77. The molecule has 0 spiro atoms. The monoisotopic (exact) mass is 297 g/mol. The second-order valence-electron chi connectivity index (χ2n) is 4.38. The number of hydrogen-bond donors (Lipinski definition) is 4. The van der Waals surface area contributed by atoms with Gasteiger partial charge in [-0.25, -0.2) is 9.59 Å². The molecule has 0 fully saturated rings. The van der Waals surface area contributed by atoms with Crippen LogP contribution in [0.1, 0.15) is 11.1 Å². The maximum atomic E-state index is 11.6. The van der Waals surface area contributed by atoms with Gasteiger partial charge in [0.15, 0.2) is 6.04 Å². The Kier molecular flexibility index (Phi) is 5.19. The number of aliphatic hydroxyl groups is 1. The van der Waals surface area contributed by atoms with E-state index in [0.29, 0.717) is 16.8 Å². The molecule has 1 aromatic rings. The molecule has 1 rings (SSSR count). The van der Waals surface area contributed by atoms with Crippen molar-refractivity contribution in [3.8, 4) is 0 Å². The van der Waals surface area contributed by atoms with Gasteiger partial charge in [-0.3, -0.25) is 10.1 Å². The molecular weight excluding hydrogens is 282 g/mol. The zero-order valence-electron chi connectivity index (χ0n) is 11.4. The van der Waals surface area contributed by atoms with E-state index in [9.17, 15) is 19.7 Å². The normalized spacial score (nSPS) is 11.6. The molecule has 114 valence electrons. The molecule has 0 aliphatic carbocycles. The zero-order valence-corrected chi connectivity index (χ0v) is 11.4. The summed E-state index contributed by atoms with van der Waals surface area (Å²) in [5, 5.41) is 32.8. The summed E-state index contributed by atoms with van der Waals surface area (Å²) in [4.78, 5) is 32.6. The number of carbonyl (C=O) groups excluding carboxylic acids is 1. The van der Waals surface area contributed by atoms with Gasteiger partial charge in [0.2, 0.25) is 0 Å². The van der Waals surface area contributed by atoms with Gasteiger partial charge in [-0.15, -0.1) is 0 Å². The minimum Gasteiger partial charge on any atom is -0.480 e. The van der Waals surface area contributed by atoms with E-state index in [0.717, 1.165) is 0 Å². The van der Waals surface area contributed by atoms with Gasteiger partial charge in [-0.1, -0.05) is 0 Å². The van der Waals surface area contributed by atoms with E-state index in [1.807, 2.05) is 0 Å². The fourth-order valence-electron chi connectivity index (χ4n) is 1.63. The maximum absolute atomic E-state index is 11.6. The Bertz CT molecular complexity index is 587. The number of urea groups is 1. The number of amides is 2. The number of rotatable bonds is 5. The highest BCUT2D eigenvalue weighted by atomic mass is 16.6. The van der Waals surface area contributed by atoms with Crippen molar-refractivity contribution in [1.29, 1.82) is 0 Å². The molecule has 21 heavy (non-hydrogen) atoms. The number of nitrogens with zero attached hydrogens (tertiary/aromatic N) is 1. The van der Waals surface area contributed by atoms with Crippen LogP contribution in [0.2, 0.25) is 0 Å². The molecule has 0 aromatic heterocycles. The van der Waals surface area contributed by atoms with Gasteiger partial charge in [0, 0.05) is 17.3 Å². The summed E-state index contributed by atoms with van der Waals surface area (Å²) in [5.74, 6) is -1.37. The Labute approximate surface area is 119 Å². The Morgan fingerprint density at radius 2 is 1.95 bits per heavy atom. The summed E-state index contributed by atoms with van der Waals surface area (Å²) in [6, 6.07) is 0.477. The number of nitro groups is 1. The number of hydrogen-bond acceptors (Lipinski definition) is 5. The van der Waals surface area contributed by atoms with Gasteiger partial charge >= 0.3 is 12.0 Å². The summed E-state index contributed by atoms with van der Waals surface area (Å²) in [5.41, 5.74) is 1.06. The average molecular weight is 297 g/mol. The van der Waals surface area contributed by atoms with E-state index in [1.54, 1.807) is 6.92 Å². The summed E-state index contributed by atoms with van der Waals surface area (Å²) in [7, 11) is 0. The molecule has 9 nitrogen and oxygen atoms in total. The Hall–Kier alpha value is -2.68. The quantitative estimate of drug-likeness (QED) is 0.467. The van der Waals surface area contributed by atoms with Crippen LogP contribution in [0.15, 0.2) is 12.1 Å². The predicted molar refractivity (Wildman–Crippen MR) is 73.2 cm³/mol. The van der Waals surface area contributed by atoms with Gasteiger partial charge in [-0.2, -0.15) is 0 Å². The van der Waals surface area contributed by atoms with Crippen LogP contribution in [-0.2, 0) is 4.79 Å². The van der Waals surface area contributed by atoms with Gasteiger partial charge in [0.1, 0.15) is 0 Å². The van der Waals surface area contributed by atoms with E-state index < -0.39 is 29.6 Å². The van der Waals surface area contributed by atoms with Crippen LogP contribution in [0.25, 0.3) is 0 Å². The van der Waals surface area contributed by atoms with E-state index in [-0.39, 0.29) is 5.69 Å². The number of carboxylic acids is 1. The third kappa shape index (κ3) is 4.14. The number of nitrogens with one attached hydrogen (secondary N) is 2. The highest BCUT2D eigenvalue weighted by Gasteiger charge is 2.20. The van der Waals surface area contributed by atoms with E-state index in [1.165, 1.54) is 19.1 Å². The van der Waals surface area contributed by atoms with Crippen molar-refractivity contribution in [2.75, 3.05) is 11.9 Å². The lowest BCUT2D eigenvalue weighted by molar-refractivity contribution is -0.385. The fourth-order valence-corrected chi connectivity index (χ4v) is 1.63. The minimum atomic E-state index is -1.43. The molecule has 0 aliphatic rings. The maximum Gasteiger partial charge on any atom is 0.328 e. The SMILES string of the molecule is Cc1cc([N+](=O)[O-])c(C)cc1NC(=O)NC(CO)C(=O)O. The number of nitro benzene ring substituents is 1. The van der Waals surface area contributed by atoms with Crippen LogP contribution >= 0.6 is 0 Å². The van der Waals surface area contributed by atoms with Gasteiger partial charge in [0.25, 0.3) is 5.69 Å². The van der Waals surface area contributed by atoms with Crippen molar-refractivity contribution in [1.82, 2.24) is 5.32 Å². The lowest BCUT2D eigenvalue weighted by Gasteiger charge is -2.14. The smallest absolute Gasteiger partial charge is 0.328 e. The molecule has 0 saturated carbocycles. The lowest BCUT2D eigenvalue weighted by Crippen LogP contribution is -2.45. The highest BCUT2D eigenvalue weighted by Crippen LogP contribution is 2.25. The second-order valence-corrected chi connectivity index (χ2v) is 4.38. The molecule has 0 radical (unpaired) electrons. The predicted octanol–water partition coefficient (Wildman–Crippen LogP) is 0.779. The zero-order chi connectivity index (χ0) is 16.2. The van der Waals surface area contributed by atoms with Crippen LogP contribution in [-0.4, -0.2) is 39.8 Å². The van der Waals surface area contributed by atoms with Crippen LogP contribution in [0.5, 0.6) is 0 Å².